The first-order chi connectivity index (χ1) is 32.0. The van der Waals surface area contributed by atoms with Gasteiger partial charge >= 0.3 is 12.2 Å². The van der Waals surface area contributed by atoms with Crippen molar-refractivity contribution in [1.82, 2.24) is 31.2 Å². The lowest BCUT2D eigenvalue weighted by Gasteiger charge is -2.51. The van der Waals surface area contributed by atoms with Gasteiger partial charge in [-0.15, -0.1) is 0 Å². The molecule has 3 aliphatic rings. The zero-order valence-electron chi connectivity index (χ0n) is 41.9. The van der Waals surface area contributed by atoms with Gasteiger partial charge in [-0.1, -0.05) is 77.1 Å². The van der Waals surface area contributed by atoms with Crippen molar-refractivity contribution >= 4 is 46.5 Å². The Hall–Kier alpha value is -4.39. The SMILES string of the molecule is CC(C)C[C@@H](/C=C/CC(=O)N1CCC[C@H]1C(=O)C[C@H](C(=O)N[C@@H](CCCNC(=O)OCc1ccccc1)C(=O)NC1CC(C)(C)N(O)C(C)(C)C1)C(C)C)NC(=O)OCCS(=O)CC1(C)COC1. The van der Waals surface area contributed by atoms with Crippen LogP contribution >= 0.6 is 0 Å². The molecule has 5 N–H and O–H groups in total. The van der Waals surface area contributed by atoms with Crippen LogP contribution in [0.2, 0.25) is 0 Å². The van der Waals surface area contributed by atoms with E-state index in [-0.39, 0.29) is 79.8 Å². The molecule has 0 radical (unpaired) electrons. The Bertz CT molecular complexity index is 1890. The van der Waals surface area contributed by atoms with Crippen molar-refractivity contribution in [3.05, 3.63) is 48.0 Å². The van der Waals surface area contributed by atoms with E-state index in [2.05, 4.69) is 21.3 Å². The van der Waals surface area contributed by atoms with Crippen molar-refractivity contribution in [3.63, 3.8) is 0 Å². The van der Waals surface area contributed by atoms with Crippen LogP contribution in [0, 0.1) is 23.2 Å². The lowest BCUT2D eigenvalue weighted by Crippen LogP contribution is -2.64. The second-order valence-corrected chi connectivity index (χ2v) is 22.8. The number of amides is 5. The number of carbonyl (C=O) groups excluding carboxylic acids is 6. The lowest BCUT2D eigenvalue weighted by atomic mass is 9.79. The average molecular weight is 973 g/mol. The molecule has 0 bridgehead atoms. The molecule has 5 amide bonds. The van der Waals surface area contributed by atoms with E-state index in [0.717, 1.165) is 5.56 Å². The van der Waals surface area contributed by atoms with Crippen LogP contribution in [-0.2, 0) is 50.8 Å². The number of benzene rings is 1. The van der Waals surface area contributed by atoms with E-state index in [9.17, 15) is 38.2 Å². The summed E-state index contributed by atoms with van der Waals surface area (Å²) >= 11 is 0. The number of Topliss-reactive ketones (excluding diaryl/α,β-unsaturated/α-hetero) is 1. The van der Waals surface area contributed by atoms with E-state index in [1.807, 2.05) is 92.6 Å². The van der Waals surface area contributed by atoms with Gasteiger partial charge in [0.2, 0.25) is 17.7 Å². The molecule has 0 saturated carbocycles. The number of ketones is 1. The van der Waals surface area contributed by atoms with Crippen molar-refractivity contribution < 1.29 is 52.4 Å². The van der Waals surface area contributed by atoms with Crippen LogP contribution in [0.3, 0.4) is 0 Å². The number of hydroxylamine groups is 2. The van der Waals surface area contributed by atoms with Crippen LogP contribution in [0.5, 0.6) is 0 Å². The van der Waals surface area contributed by atoms with Crippen LogP contribution in [0.25, 0.3) is 0 Å². The van der Waals surface area contributed by atoms with E-state index in [4.69, 9.17) is 14.2 Å². The standard InChI is InChI=1S/C50H80N6O11S/c1-34(2)26-37(53-47(62)66-24-25-68(64)33-50(9)31-65-32-50)18-13-21-43(58)55-23-15-20-41(55)42(57)27-39(35(3)4)44(59)54-40(19-14-22-51-46(61)67-30-36-16-11-10-12-17-36)45(60)52-38-28-48(5,6)56(63)49(7,8)29-38/h10-13,16-18,34-35,37-41,63H,14-15,19-33H2,1-9H3,(H,51,61)(H,52,60)(H,53,62)(H,54,59)/b18-13+/t37-,39+,40+,41+,68?/m1/s1. The van der Waals surface area contributed by atoms with Gasteiger partial charge < -0.3 is 45.6 Å². The monoisotopic (exact) mass is 973 g/mol. The van der Waals surface area contributed by atoms with E-state index in [0.29, 0.717) is 64.0 Å². The highest BCUT2D eigenvalue weighted by Gasteiger charge is 2.46. The predicted octanol–water partition coefficient (Wildman–Crippen LogP) is 5.80. The summed E-state index contributed by atoms with van der Waals surface area (Å²) in [5.41, 5.74) is -0.516. The first-order valence-electron chi connectivity index (χ1n) is 24.4. The third-order valence-electron chi connectivity index (χ3n) is 12.9. The molecule has 3 heterocycles. The summed E-state index contributed by atoms with van der Waals surface area (Å²) < 4.78 is 28.4. The number of piperidine rings is 1. The smallest absolute Gasteiger partial charge is 0.407 e. The molecule has 5 atom stereocenters. The molecule has 0 aliphatic carbocycles. The number of likely N-dealkylation sites (tertiary alicyclic amines) is 1. The Morgan fingerprint density at radius 2 is 1.60 bits per heavy atom. The Balaban J connectivity index is 1.34. The fourth-order valence-electron chi connectivity index (χ4n) is 9.44. The summed E-state index contributed by atoms with van der Waals surface area (Å²) in [5, 5.41) is 23.8. The molecule has 3 aliphatic heterocycles. The molecule has 3 saturated heterocycles. The second-order valence-electron chi connectivity index (χ2n) is 21.2. The Morgan fingerprint density at radius 3 is 2.22 bits per heavy atom. The zero-order chi connectivity index (χ0) is 50.2. The molecule has 3 fully saturated rings. The number of nitrogens with one attached hydrogen (secondary N) is 4. The first kappa shape index (κ1) is 56.2. The van der Waals surface area contributed by atoms with E-state index < -0.39 is 69.9 Å². The molecule has 17 nitrogen and oxygen atoms in total. The van der Waals surface area contributed by atoms with E-state index in [1.54, 1.807) is 17.1 Å². The summed E-state index contributed by atoms with van der Waals surface area (Å²) in [6, 6.07) is 6.88. The quantitative estimate of drug-likeness (QED) is 0.0580. The van der Waals surface area contributed by atoms with Crippen molar-refractivity contribution in [2.24, 2.45) is 23.2 Å². The largest absolute Gasteiger partial charge is 0.449 e. The molecule has 1 aromatic carbocycles. The van der Waals surface area contributed by atoms with Gasteiger partial charge in [-0.3, -0.25) is 23.4 Å². The average Bonchev–Trinajstić information content (AvgIpc) is 3.75. The van der Waals surface area contributed by atoms with Gasteiger partial charge in [0.15, 0.2) is 5.78 Å². The van der Waals surface area contributed by atoms with Crippen LogP contribution in [0.1, 0.15) is 126 Å². The number of hydrogen-bond donors (Lipinski definition) is 5. The maximum absolute atomic E-state index is 14.2. The summed E-state index contributed by atoms with van der Waals surface area (Å²) in [6.07, 6.45) is 5.24. The number of nitrogens with zero attached hydrogens (tertiary/aromatic N) is 2. The lowest BCUT2D eigenvalue weighted by molar-refractivity contribution is -0.246. The van der Waals surface area contributed by atoms with Gasteiger partial charge in [0, 0.05) is 70.9 Å². The summed E-state index contributed by atoms with van der Waals surface area (Å²) in [4.78, 5) is 82.6. The molecule has 0 aromatic heterocycles. The van der Waals surface area contributed by atoms with Crippen LogP contribution < -0.4 is 21.3 Å². The first-order valence-corrected chi connectivity index (χ1v) is 25.9. The van der Waals surface area contributed by atoms with Crippen molar-refractivity contribution in [3.8, 4) is 0 Å². The van der Waals surface area contributed by atoms with Gasteiger partial charge in [-0.05, 0) is 90.0 Å². The summed E-state index contributed by atoms with van der Waals surface area (Å²) in [5.74, 6) is -1.45. The van der Waals surface area contributed by atoms with Crippen LogP contribution in [0.4, 0.5) is 9.59 Å². The highest BCUT2D eigenvalue weighted by atomic mass is 32.2. The minimum atomic E-state index is -1.14. The third-order valence-corrected chi connectivity index (χ3v) is 14.6. The number of carbonyl (C=O) groups is 6. The fraction of sp³-hybridized carbons (Fsp3) is 0.720. The zero-order valence-corrected chi connectivity index (χ0v) is 42.8. The van der Waals surface area contributed by atoms with Crippen molar-refractivity contribution in [2.45, 2.75) is 162 Å². The number of ether oxygens (including phenoxy) is 3. The van der Waals surface area contributed by atoms with Gasteiger partial charge in [0.05, 0.1) is 31.1 Å². The Labute approximate surface area is 406 Å². The van der Waals surface area contributed by atoms with Gasteiger partial charge in [-0.25, -0.2) is 9.59 Å². The third kappa shape index (κ3) is 17.8. The highest BCUT2D eigenvalue weighted by Crippen LogP contribution is 2.37. The Morgan fingerprint density at radius 1 is 0.926 bits per heavy atom. The highest BCUT2D eigenvalue weighted by molar-refractivity contribution is 7.85. The maximum atomic E-state index is 14.2. The molecule has 18 heteroatoms. The minimum Gasteiger partial charge on any atom is -0.449 e. The summed E-state index contributed by atoms with van der Waals surface area (Å²) in [7, 11) is -1.14. The molecule has 382 valence electrons. The molecular weight excluding hydrogens is 893 g/mol. The topological polar surface area (TPSA) is 222 Å². The van der Waals surface area contributed by atoms with Gasteiger partial charge in [-0.2, -0.15) is 5.06 Å². The molecule has 0 spiro atoms. The molecule has 1 unspecified atom stereocenters. The van der Waals surface area contributed by atoms with Crippen molar-refractivity contribution in [1.29, 1.82) is 0 Å². The second kappa shape index (κ2) is 26.0. The maximum Gasteiger partial charge on any atom is 0.407 e. The molecule has 68 heavy (non-hydrogen) atoms. The van der Waals surface area contributed by atoms with Crippen LogP contribution in [-0.4, -0.2) is 135 Å². The van der Waals surface area contributed by atoms with E-state index in [1.165, 1.54) is 5.06 Å². The molecule has 4 rings (SSSR count). The number of rotatable bonds is 25. The normalized spacial score (nSPS) is 20.8. The molecular formula is C50H80N6O11S. The fourth-order valence-corrected chi connectivity index (χ4v) is 10.8. The van der Waals surface area contributed by atoms with E-state index >= 15 is 0 Å². The van der Waals surface area contributed by atoms with Crippen LogP contribution in [0.15, 0.2) is 42.5 Å². The van der Waals surface area contributed by atoms with Gasteiger partial charge in [0.25, 0.3) is 0 Å². The number of hydrogen-bond acceptors (Lipinski definition) is 12. The number of alkyl carbamates (subject to hydrolysis) is 2. The van der Waals surface area contributed by atoms with Gasteiger partial charge in [0.1, 0.15) is 19.3 Å². The van der Waals surface area contributed by atoms with Crippen molar-refractivity contribution in [2.75, 3.05) is 44.4 Å². The predicted molar refractivity (Wildman–Crippen MR) is 260 cm³/mol. The minimum absolute atomic E-state index is 0.00670. The Kier molecular flexibility index (Phi) is 21.5. The summed E-state index contributed by atoms with van der Waals surface area (Å²) in [6.45, 7) is 19.2. The molecule has 1 aromatic rings.